The van der Waals surface area contributed by atoms with Gasteiger partial charge in [0.2, 0.25) is 0 Å². The van der Waals surface area contributed by atoms with Crippen LogP contribution in [-0.2, 0) is 33.7 Å². The van der Waals surface area contributed by atoms with Gasteiger partial charge in [-0.25, -0.2) is 5.01 Å². The maximum absolute atomic E-state index is 10.2. The van der Waals surface area contributed by atoms with Gasteiger partial charge in [-0.2, -0.15) is 0 Å². The summed E-state index contributed by atoms with van der Waals surface area (Å²) in [6, 6.07) is 1.58. The Kier molecular flexibility index (Phi) is 9.22. The van der Waals surface area contributed by atoms with E-state index in [1.54, 1.807) is 5.01 Å². The molecule has 24 heavy (non-hydrogen) atoms. The average Bonchev–Trinajstić information content (AvgIpc) is 2.86. The molecule has 4 heterocycles. The fourth-order valence-electron chi connectivity index (χ4n) is 3.40. The van der Waals surface area contributed by atoms with E-state index in [1.165, 1.54) is 12.8 Å². The number of hydrogen-bond donors (Lipinski definition) is 2. The van der Waals surface area contributed by atoms with Crippen molar-refractivity contribution in [1.29, 1.82) is 0 Å². The van der Waals surface area contributed by atoms with Crippen LogP contribution < -0.4 is 5.84 Å². The number of morpholine rings is 2. The molecule has 0 saturated carbocycles. The van der Waals surface area contributed by atoms with Crippen molar-refractivity contribution in [3.05, 3.63) is 4.91 Å². The van der Waals surface area contributed by atoms with Crippen molar-refractivity contribution in [3.8, 4) is 0 Å². The largest absolute Gasteiger partial charge is 0.481 e. The Bertz CT molecular complexity index is 381. The molecule has 4 aliphatic heterocycles. The van der Waals surface area contributed by atoms with Crippen LogP contribution in [0.5, 0.6) is 0 Å². The number of nitrogens with zero attached hydrogens (tertiary/aromatic N) is 3. The Morgan fingerprint density at radius 1 is 1.00 bits per heavy atom. The van der Waals surface area contributed by atoms with Gasteiger partial charge in [0.1, 0.15) is 0 Å². The van der Waals surface area contributed by atoms with Crippen molar-refractivity contribution < 1.29 is 38.9 Å². The van der Waals surface area contributed by atoms with Crippen LogP contribution in [0.1, 0.15) is 32.6 Å². The summed E-state index contributed by atoms with van der Waals surface area (Å²) >= 11 is 0. The molecule has 4 rings (SSSR count). The number of fused-ring (bicyclic) bond motifs is 4. The molecule has 10 heteroatoms. The van der Waals surface area contributed by atoms with Gasteiger partial charge in [-0.05, 0) is 25.7 Å². The van der Waals surface area contributed by atoms with Gasteiger partial charge in [0.15, 0.2) is 0 Å². The van der Waals surface area contributed by atoms with Gasteiger partial charge < -0.3 is 14.6 Å². The number of hydrogen-bond acceptors (Lipinski definition) is 7. The van der Waals surface area contributed by atoms with E-state index < -0.39 is 5.97 Å². The number of nitroso groups, excluding NO2 is 1. The molecule has 0 spiro atoms. The van der Waals surface area contributed by atoms with E-state index >= 15 is 0 Å². The van der Waals surface area contributed by atoms with Gasteiger partial charge in [-0.3, -0.25) is 15.6 Å². The molecular formula is C14H26N4O5Zn. The Balaban J connectivity index is 0.000000192. The zero-order valence-electron chi connectivity index (χ0n) is 14.2. The van der Waals surface area contributed by atoms with Crippen LogP contribution in [0, 0.1) is 4.91 Å². The van der Waals surface area contributed by atoms with Gasteiger partial charge in [0.05, 0.1) is 43.8 Å². The number of rotatable bonds is 1. The van der Waals surface area contributed by atoms with Crippen molar-refractivity contribution in [2.75, 3.05) is 26.4 Å². The van der Waals surface area contributed by atoms with E-state index in [0.717, 1.165) is 33.0 Å². The summed E-state index contributed by atoms with van der Waals surface area (Å²) in [4.78, 5) is 19.2. The first-order chi connectivity index (χ1) is 11.0. The molecule has 134 valence electrons. The van der Waals surface area contributed by atoms with E-state index in [2.05, 4.69) is 5.29 Å². The Labute approximate surface area is 154 Å². The average molecular weight is 396 g/mol. The molecule has 3 N–H and O–H groups in total. The van der Waals surface area contributed by atoms with Gasteiger partial charge in [-0.15, -0.1) is 4.91 Å². The summed E-state index contributed by atoms with van der Waals surface area (Å²) in [6.45, 7) is 4.13. The normalized spacial score (nSPS) is 33.3. The molecule has 0 aromatic heterocycles. The molecule has 4 saturated heterocycles. The first-order valence-electron chi connectivity index (χ1n) is 8.02. The van der Waals surface area contributed by atoms with Crippen LogP contribution in [0.25, 0.3) is 0 Å². The minimum atomic E-state index is -0.833. The Morgan fingerprint density at radius 3 is 1.62 bits per heavy atom. The molecule has 9 nitrogen and oxygen atoms in total. The van der Waals surface area contributed by atoms with Crippen LogP contribution in [0.4, 0.5) is 0 Å². The molecule has 4 atom stereocenters. The van der Waals surface area contributed by atoms with Gasteiger partial charge in [0, 0.05) is 38.5 Å². The SMILES string of the molecule is CC(=O)O.NN1C2CCC1COC2.O=NN1C2CCC1COC2.[Zn]. The van der Waals surface area contributed by atoms with Crippen molar-refractivity contribution in [3.63, 3.8) is 0 Å². The van der Waals surface area contributed by atoms with E-state index in [9.17, 15) is 4.91 Å². The van der Waals surface area contributed by atoms with Crippen LogP contribution in [0.3, 0.4) is 0 Å². The van der Waals surface area contributed by atoms with Crippen LogP contribution in [0.15, 0.2) is 5.29 Å². The van der Waals surface area contributed by atoms with E-state index in [0.29, 0.717) is 25.3 Å². The zero-order chi connectivity index (χ0) is 16.8. The maximum Gasteiger partial charge on any atom is 0.300 e. The van der Waals surface area contributed by atoms with E-state index in [-0.39, 0.29) is 31.6 Å². The summed E-state index contributed by atoms with van der Waals surface area (Å²) in [5, 5.41) is 14.0. The first-order valence-corrected chi connectivity index (χ1v) is 8.02. The predicted octanol–water partition coefficient (Wildman–Crippen LogP) is 0.343. The summed E-state index contributed by atoms with van der Waals surface area (Å²) in [7, 11) is 0. The predicted molar refractivity (Wildman–Crippen MR) is 82.2 cm³/mol. The van der Waals surface area contributed by atoms with Crippen LogP contribution in [-0.4, -0.2) is 71.7 Å². The van der Waals surface area contributed by atoms with Crippen molar-refractivity contribution in [1.82, 2.24) is 10.0 Å². The molecule has 4 fully saturated rings. The van der Waals surface area contributed by atoms with Gasteiger partial charge in [0.25, 0.3) is 5.97 Å². The number of carboxylic acids is 1. The second-order valence-corrected chi connectivity index (χ2v) is 6.27. The number of nitrogens with two attached hydrogens (primary N) is 1. The zero-order valence-corrected chi connectivity index (χ0v) is 17.1. The first kappa shape index (κ1) is 21.4. The Hall–Kier alpha value is -0.667. The van der Waals surface area contributed by atoms with E-state index in [1.807, 2.05) is 5.01 Å². The fraction of sp³-hybridized carbons (Fsp3) is 0.929. The molecule has 4 aliphatic rings. The van der Waals surface area contributed by atoms with Crippen LogP contribution in [0.2, 0.25) is 0 Å². The number of carboxylic acid groups (broad SMARTS) is 1. The molecule has 0 amide bonds. The third-order valence-corrected chi connectivity index (χ3v) is 4.59. The summed E-state index contributed by atoms with van der Waals surface area (Å²) in [5.74, 6) is 4.90. The molecule has 0 aliphatic carbocycles. The number of ether oxygens (including phenoxy) is 2. The van der Waals surface area contributed by atoms with Crippen LogP contribution >= 0.6 is 0 Å². The van der Waals surface area contributed by atoms with Gasteiger partial charge >= 0.3 is 0 Å². The minimum absolute atomic E-state index is 0. The van der Waals surface area contributed by atoms with Crippen molar-refractivity contribution in [2.45, 2.75) is 56.8 Å². The fourth-order valence-corrected chi connectivity index (χ4v) is 3.40. The quantitative estimate of drug-likeness (QED) is 0.371. The standard InChI is InChI=1S/C6H10N2O2.C6H12N2O.C2H4O2.Zn/c9-7-8-5-1-2-6(8)4-10-3-5;7-8-5-1-2-6(8)4-9-3-5;1-2(3)4;/h5-6H,1-4H2;5-6H,1-4,7H2;1H3,(H,3,4);. The molecule has 4 bridgehead atoms. The summed E-state index contributed by atoms with van der Waals surface area (Å²) in [6.07, 6.45) is 4.58. The topological polar surface area (TPSA) is 118 Å². The Morgan fingerprint density at radius 2 is 1.33 bits per heavy atom. The van der Waals surface area contributed by atoms with E-state index in [4.69, 9.17) is 25.2 Å². The molecular weight excluding hydrogens is 370 g/mol. The summed E-state index contributed by atoms with van der Waals surface area (Å²) < 4.78 is 10.6. The molecule has 0 radical (unpaired) electrons. The van der Waals surface area contributed by atoms with Crippen molar-refractivity contribution in [2.24, 2.45) is 11.1 Å². The third-order valence-electron chi connectivity index (χ3n) is 4.59. The van der Waals surface area contributed by atoms with Crippen molar-refractivity contribution >= 4 is 5.97 Å². The molecule has 0 aromatic rings. The number of carbonyl (C=O) groups is 1. The third kappa shape index (κ3) is 5.70. The summed E-state index contributed by atoms with van der Waals surface area (Å²) in [5.41, 5.74) is 0. The smallest absolute Gasteiger partial charge is 0.300 e. The minimum Gasteiger partial charge on any atom is -0.481 e. The second-order valence-electron chi connectivity index (χ2n) is 6.27. The number of hydrazine groups is 1. The number of aliphatic carboxylic acids is 1. The monoisotopic (exact) mass is 394 g/mol. The molecule has 0 aromatic carbocycles. The van der Waals surface area contributed by atoms with Gasteiger partial charge in [-0.1, -0.05) is 0 Å². The maximum atomic E-state index is 10.2. The molecule has 4 unspecified atom stereocenters. The second kappa shape index (κ2) is 10.4.